The number of Topliss-reactive ketones (excluding diaryl/α,β-unsaturated/α-hetero) is 1. The zero-order valence-corrected chi connectivity index (χ0v) is 10.7. The van der Waals surface area contributed by atoms with E-state index in [9.17, 15) is 4.79 Å². The summed E-state index contributed by atoms with van der Waals surface area (Å²) in [5.74, 6) is 0.0440. The molecule has 0 aromatic rings. The number of ether oxygens (including phenoxy) is 1. The van der Waals surface area contributed by atoms with Gasteiger partial charge in [0.2, 0.25) is 0 Å². The van der Waals surface area contributed by atoms with Crippen LogP contribution in [0.4, 0.5) is 0 Å². The number of rotatable bonds is 3. The van der Waals surface area contributed by atoms with E-state index >= 15 is 0 Å². The van der Waals surface area contributed by atoms with Crippen molar-refractivity contribution in [3.05, 3.63) is 13.2 Å². The molecule has 0 fully saturated rings. The van der Waals surface area contributed by atoms with Gasteiger partial charge in [0.1, 0.15) is 12.4 Å². The van der Waals surface area contributed by atoms with Crippen molar-refractivity contribution in [3.63, 3.8) is 0 Å². The molecule has 0 aliphatic heterocycles. The van der Waals surface area contributed by atoms with E-state index in [1.807, 2.05) is 6.26 Å². The zero-order chi connectivity index (χ0) is 8.41. The van der Waals surface area contributed by atoms with Crippen molar-refractivity contribution in [1.29, 1.82) is 0 Å². The Hall–Kier alpha value is 0.668. The van der Waals surface area contributed by atoms with Crippen molar-refractivity contribution >= 4 is 17.5 Å². The monoisotopic (exact) mass is 346 g/mol. The zero-order valence-electron chi connectivity index (χ0n) is 6.96. The fourth-order valence-electron chi connectivity index (χ4n) is 0.233. The van der Waals surface area contributed by atoms with Gasteiger partial charge in [-0.3, -0.25) is 6.26 Å². The standard InChI is InChI=1S/C5H9O2.C2H5S.W/c1-3-5(6)4-7-2;1-3-2;/h1,3-4H2,2H3;1H2,2H3;/q2*-1;+2. The maximum absolute atomic E-state index is 10.2. The van der Waals surface area contributed by atoms with Crippen LogP contribution in [0, 0.1) is 13.2 Å². The van der Waals surface area contributed by atoms with Crippen LogP contribution in [0.15, 0.2) is 0 Å². The largest absolute Gasteiger partial charge is 2.00 e. The van der Waals surface area contributed by atoms with E-state index in [1.165, 1.54) is 18.9 Å². The molecular weight excluding hydrogens is 332 g/mol. The Balaban J connectivity index is -0.000000140. The molecular formula is C7H14O2SW. The molecule has 0 saturated heterocycles. The maximum Gasteiger partial charge on any atom is 2.00 e. The second-order valence-electron chi connectivity index (χ2n) is 1.51. The molecule has 4 heteroatoms. The first kappa shape index (κ1) is 17.7. The summed E-state index contributed by atoms with van der Waals surface area (Å²) < 4.78 is 4.50. The minimum atomic E-state index is 0. The molecule has 0 unspecified atom stereocenters. The fourth-order valence-corrected chi connectivity index (χ4v) is 0.233. The number of hydrogen-bond acceptors (Lipinski definition) is 3. The molecule has 0 bridgehead atoms. The van der Waals surface area contributed by atoms with Crippen LogP contribution in [0.2, 0.25) is 0 Å². The molecule has 2 nitrogen and oxygen atoms in total. The number of ketones is 1. The van der Waals surface area contributed by atoms with Gasteiger partial charge in [0.05, 0.1) is 0 Å². The SMILES string of the molecule is [CH2-]CC(=O)COC.[CH2-]SC.[W+2]. The number of hydrogen-bond donors (Lipinski definition) is 0. The van der Waals surface area contributed by atoms with Crippen LogP contribution in [0.3, 0.4) is 0 Å². The molecule has 0 amide bonds. The van der Waals surface area contributed by atoms with Gasteiger partial charge < -0.3 is 28.2 Å². The number of thioether (sulfide) groups is 1. The van der Waals surface area contributed by atoms with E-state index in [4.69, 9.17) is 0 Å². The van der Waals surface area contributed by atoms with Crippen molar-refractivity contribution in [2.24, 2.45) is 0 Å². The quantitative estimate of drug-likeness (QED) is 0.726. The van der Waals surface area contributed by atoms with E-state index in [-0.39, 0.29) is 33.5 Å². The summed E-state index contributed by atoms with van der Waals surface area (Å²) in [7, 11) is 1.49. The smallest absolute Gasteiger partial charge is 0.377 e. The van der Waals surface area contributed by atoms with E-state index in [0.717, 1.165) is 0 Å². The minimum Gasteiger partial charge on any atom is -0.377 e. The first-order valence-corrected chi connectivity index (χ1v) is 4.20. The van der Waals surface area contributed by atoms with Crippen molar-refractivity contribution in [1.82, 2.24) is 0 Å². The summed E-state index contributed by atoms with van der Waals surface area (Å²) in [5, 5.41) is 0. The second-order valence-corrected chi connectivity index (χ2v) is 2.09. The third kappa shape index (κ3) is 24.9. The van der Waals surface area contributed by atoms with Gasteiger partial charge in [0.15, 0.2) is 0 Å². The molecule has 0 saturated carbocycles. The molecule has 0 aliphatic rings. The van der Waals surface area contributed by atoms with Gasteiger partial charge in [-0.25, -0.2) is 0 Å². The number of carbonyl (C=O) groups excluding carboxylic acids is 1. The molecule has 0 aliphatic carbocycles. The van der Waals surface area contributed by atoms with Gasteiger partial charge in [-0.05, 0) is 6.26 Å². The molecule has 11 heavy (non-hydrogen) atoms. The molecule has 66 valence electrons. The normalized spacial score (nSPS) is 7.27. The second kappa shape index (κ2) is 17.0. The van der Waals surface area contributed by atoms with Crippen LogP contribution in [0.25, 0.3) is 0 Å². The van der Waals surface area contributed by atoms with Gasteiger partial charge in [-0.15, -0.1) is 6.42 Å². The topological polar surface area (TPSA) is 26.3 Å². The Morgan fingerprint density at radius 3 is 2.09 bits per heavy atom. The van der Waals surface area contributed by atoms with Gasteiger partial charge >= 0.3 is 21.1 Å². The Morgan fingerprint density at radius 2 is 2.00 bits per heavy atom. The van der Waals surface area contributed by atoms with Crippen molar-refractivity contribution in [3.8, 4) is 0 Å². The van der Waals surface area contributed by atoms with E-state index in [0.29, 0.717) is 6.42 Å². The summed E-state index contributed by atoms with van der Waals surface area (Å²) >= 11 is 1.50. The number of carbonyl (C=O) groups is 1. The molecule has 0 rings (SSSR count). The molecule has 0 heterocycles. The molecule has 0 aromatic carbocycles. The van der Waals surface area contributed by atoms with E-state index < -0.39 is 0 Å². The van der Waals surface area contributed by atoms with Crippen LogP contribution >= 0.6 is 11.8 Å². The molecule has 0 atom stereocenters. The van der Waals surface area contributed by atoms with Crippen molar-refractivity contribution < 1.29 is 30.6 Å². The predicted molar refractivity (Wildman–Crippen MR) is 45.7 cm³/mol. The third-order valence-corrected chi connectivity index (χ3v) is 0.584. The summed E-state index contributed by atoms with van der Waals surface area (Å²) in [5.41, 5.74) is 0. The van der Waals surface area contributed by atoms with E-state index in [1.54, 1.807) is 0 Å². The van der Waals surface area contributed by atoms with Gasteiger partial charge in [0, 0.05) is 7.11 Å². The number of methoxy groups -OCH3 is 1. The first-order chi connectivity index (χ1) is 4.72. The average molecular weight is 346 g/mol. The third-order valence-electron chi connectivity index (χ3n) is 0.584. The van der Waals surface area contributed by atoms with Crippen molar-refractivity contribution in [2.45, 2.75) is 6.42 Å². The van der Waals surface area contributed by atoms with Crippen LogP contribution in [0.1, 0.15) is 6.42 Å². The van der Waals surface area contributed by atoms with Crippen LogP contribution in [0.5, 0.6) is 0 Å². The molecule has 0 N–H and O–H groups in total. The van der Waals surface area contributed by atoms with E-state index in [2.05, 4.69) is 17.9 Å². The van der Waals surface area contributed by atoms with Crippen LogP contribution in [-0.4, -0.2) is 25.8 Å². The predicted octanol–water partition coefficient (Wildman–Crippen LogP) is 1.56. The van der Waals surface area contributed by atoms with Gasteiger partial charge in [-0.1, -0.05) is 0 Å². The Labute approximate surface area is 87.7 Å². The van der Waals surface area contributed by atoms with Gasteiger partial charge in [0.25, 0.3) is 0 Å². The molecule has 0 spiro atoms. The summed E-state index contributed by atoms with van der Waals surface area (Å²) in [6.45, 7) is 3.57. The fraction of sp³-hybridized carbons (Fsp3) is 0.571. The minimum absolute atomic E-state index is 0. The summed E-state index contributed by atoms with van der Waals surface area (Å²) in [6.07, 6.45) is 5.66. The Bertz CT molecular complexity index is 78.8. The first-order valence-electron chi connectivity index (χ1n) is 2.81. The summed E-state index contributed by atoms with van der Waals surface area (Å²) in [4.78, 5) is 10.2. The molecule has 0 radical (unpaired) electrons. The Morgan fingerprint density at radius 1 is 1.64 bits per heavy atom. The average Bonchev–Trinajstić information content (AvgIpc) is 1.90. The summed E-state index contributed by atoms with van der Waals surface area (Å²) in [6, 6.07) is 0. The van der Waals surface area contributed by atoms with Crippen molar-refractivity contribution in [2.75, 3.05) is 20.0 Å². The van der Waals surface area contributed by atoms with Crippen LogP contribution in [-0.2, 0) is 30.6 Å². The van der Waals surface area contributed by atoms with Gasteiger partial charge in [-0.2, -0.15) is 0 Å². The maximum atomic E-state index is 10.2. The molecule has 0 aromatic heterocycles. The van der Waals surface area contributed by atoms with Crippen LogP contribution < -0.4 is 0 Å². The Kier molecular flexibility index (Phi) is 27.2.